The predicted molar refractivity (Wildman–Crippen MR) is 141 cm³/mol. The van der Waals surface area contributed by atoms with Gasteiger partial charge in [-0.15, -0.1) is 0 Å². The van der Waals surface area contributed by atoms with Crippen LogP contribution < -0.4 is 4.31 Å². The fourth-order valence-corrected chi connectivity index (χ4v) is 6.49. The number of benzene rings is 4. The highest BCUT2D eigenvalue weighted by Crippen LogP contribution is 2.50. The zero-order valence-electron chi connectivity index (χ0n) is 19.8. The number of ether oxygens (including phenoxy) is 1. The number of fused-ring (bicyclic) bond motifs is 1. The molecule has 0 fully saturated rings. The Hall–Kier alpha value is -3.83. The van der Waals surface area contributed by atoms with Crippen LogP contribution in [0.15, 0.2) is 120 Å². The van der Waals surface area contributed by atoms with E-state index in [0.29, 0.717) is 18.1 Å². The van der Waals surface area contributed by atoms with Gasteiger partial charge in [-0.05, 0) is 55.3 Å². The molecule has 4 aromatic rings. The highest BCUT2D eigenvalue weighted by molar-refractivity contribution is 7.93. The molecular weight excluding hydrogens is 454 g/mol. The molecule has 176 valence electrons. The van der Waals surface area contributed by atoms with Crippen LogP contribution >= 0.6 is 0 Å². The molecule has 4 nitrogen and oxygen atoms in total. The van der Waals surface area contributed by atoms with Crippen molar-refractivity contribution in [1.29, 1.82) is 0 Å². The lowest BCUT2D eigenvalue weighted by atomic mass is 9.79. The molecule has 5 rings (SSSR count). The summed E-state index contributed by atoms with van der Waals surface area (Å²) in [6.07, 6.45) is 1.95. The van der Waals surface area contributed by atoms with Crippen molar-refractivity contribution >= 4 is 21.5 Å². The van der Waals surface area contributed by atoms with Crippen molar-refractivity contribution in [2.24, 2.45) is 0 Å². The van der Waals surface area contributed by atoms with Crippen LogP contribution in [-0.2, 0) is 20.3 Å². The summed E-state index contributed by atoms with van der Waals surface area (Å²) in [5, 5.41) is 0. The van der Waals surface area contributed by atoms with Crippen molar-refractivity contribution in [3.63, 3.8) is 0 Å². The van der Waals surface area contributed by atoms with Gasteiger partial charge in [0.25, 0.3) is 10.0 Å². The van der Waals surface area contributed by atoms with Gasteiger partial charge < -0.3 is 4.74 Å². The molecule has 0 unspecified atom stereocenters. The van der Waals surface area contributed by atoms with Crippen molar-refractivity contribution in [3.05, 3.63) is 138 Å². The van der Waals surface area contributed by atoms with E-state index >= 15 is 0 Å². The minimum atomic E-state index is -4.00. The van der Waals surface area contributed by atoms with Crippen LogP contribution in [0.5, 0.6) is 0 Å². The molecule has 0 aromatic heterocycles. The Morgan fingerprint density at radius 3 is 1.86 bits per heavy atom. The number of para-hydroxylation sites is 1. The van der Waals surface area contributed by atoms with Crippen LogP contribution in [-0.4, -0.2) is 15.0 Å². The van der Waals surface area contributed by atoms with Gasteiger partial charge in [0.1, 0.15) is 11.3 Å². The summed E-state index contributed by atoms with van der Waals surface area (Å²) in [6.45, 7) is 4.35. The molecule has 0 N–H and O–H groups in total. The second-order valence-corrected chi connectivity index (χ2v) is 10.3. The first kappa shape index (κ1) is 22.9. The van der Waals surface area contributed by atoms with Crippen LogP contribution in [0.4, 0.5) is 5.69 Å². The summed E-state index contributed by atoms with van der Waals surface area (Å²) < 4.78 is 36.8. The van der Waals surface area contributed by atoms with E-state index in [1.165, 1.54) is 0 Å². The lowest BCUT2D eigenvalue weighted by molar-refractivity contribution is 0.294. The van der Waals surface area contributed by atoms with Gasteiger partial charge >= 0.3 is 0 Å². The number of nitrogens with zero attached hydrogens (tertiary/aromatic N) is 1. The highest BCUT2D eigenvalue weighted by atomic mass is 32.2. The lowest BCUT2D eigenvalue weighted by Crippen LogP contribution is -2.51. The molecular formula is C30H27NO3S. The third kappa shape index (κ3) is 3.82. The Bertz CT molecular complexity index is 1420. The maximum atomic E-state index is 14.5. The van der Waals surface area contributed by atoms with Crippen LogP contribution in [0.25, 0.3) is 5.76 Å². The van der Waals surface area contributed by atoms with Crippen LogP contribution in [0, 0.1) is 6.92 Å². The average molecular weight is 482 g/mol. The van der Waals surface area contributed by atoms with Crippen LogP contribution in [0.3, 0.4) is 0 Å². The number of sulfonamides is 1. The third-order valence-corrected chi connectivity index (χ3v) is 8.17. The molecule has 4 aromatic carbocycles. The standard InChI is InChI=1S/C30H27NO3S/c1-3-34-29-22-30(24-12-6-4-7-13-24,25-14-8-5-9-15-25)31(28-17-11-10-16-27(28)29)35(32,33)26-20-18-23(2)19-21-26/h4-22H,3H2,1-2H3. The number of anilines is 1. The monoisotopic (exact) mass is 481 g/mol. The van der Waals surface area contributed by atoms with E-state index < -0.39 is 15.6 Å². The van der Waals surface area contributed by atoms with Crippen LogP contribution in [0.2, 0.25) is 0 Å². The number of rotatable bonds is 6. The van der Waals surface area contributed by atoms with E-state index in [-0.39, 0.29) is 4.90 Å². The molecule has 0 saturated heterocycles. The lowest BCUT2D eigenvalue weighted by Gasteiger charge is -2.46. The van der Waals surface area contributed by atoms with Crippen molar-refractivity contribution < 1.29 is 13.2 Å². The van der Waals surface area contributed by atoms with Crippen molar-refractivity contribution in [2.45, 2.75) is 24.3 Å². The minimum Gasteiger partial charge on any atom is -0.493 e. The van der Waals surface area contributed by atoms with Gasteiger partial charge in [-0.2, -0.15) is 0 Å². The topological polar surface area (TPSA) is 46.6 Å². The maximum absolute atomic E-state index is 14.5. The highest BCUT2D eigenvalue weighted by Gasteiger charge is 2.49. The largest absolute Gasteiger partial charge is 0.493 e. The van der Waals surface area contributed by atoms with Gasteiger partial charge in [0.05, 0.1) is 17.2 Å². The molecule has 0 radical (unpaired) electrons. The van der Waals surface area contributed by atoms with E-state index in [9.17, 15) is 8.42 Å². The molecule has 35 heavy (non-hydrogen) atoms. The number of hydrogen-bond acceptors (Lipinski definition) is 3. The third-order valence-electron chi connectivity index (χ3n) is 6.34. The molecule has 0 atom stereocenters. The van der Waals surface area contributed by atoms with Gasteiger partial charge in [-0.3, -0.25) is 0 Å². The first-order valence-electron chi connectivity index (χ1n) is 11.7. The summed E-state index contributed by atoms with van der Waals surface area (Å²) >= 11 is 0. The molecule has 0 saturated carbocycles. The van der Waals surface area contributed by atoms with Crippen molar-refractivity contribution in [3.8, 4) is 0 Å². The summed E-state index contributed by atoms with van der Waals surface area (Å²) in [7, 11) is -4.00. The predicted octanol–water partition coefficient (Wildman–Crippen LogP) is 6.53. The molecule has 0 spiro atoms. The summed E-state index contributed by atoms with van der Waals surface area (Å²) in [6, 6.07) is 34.0. The molecule has 1 aliphatic rings. The molecule has 1 aliphatic heterocycles. The Labute approximate surface area is 207 Å². The maximum Gasteiger partial charge on any atom is 0.265 e. The zero-order valence-corrected chi connectivity index (χ0v) is 20.6. The van der Waals surface area contributed by atoms with E-state index in [2.05, 4.69) is 0 Å². The first-order valence-corrected chi connectivity index (χ1v) is 13.1. The molecule has 0 aliphatic carbocycles. The fraction of sp³-hybridized carbons (Fsp3) is 0.133. The molecule has 5 heteroatoms. The Kier molecular flexibility index (Phi) is 5.95. The fourth-order valence-electron chi connectivity index (χ4n) is 4.74. The van der Waals surface area contributed by atoms with Gasteiger partial charge in [-0.1, -0.05) is 90.5 Å². The smallest absolute Gasteiger partial charge is 0.265 e. The first-order chi connectivity index (χ1) is 17.0. The minimum absolute atomic E-state index is 0.238. The molecule has 1 heterocycles. The van der Waals surface area contributed by atoms with Gasteiger partial charge in [0.15, 0.2) is 0 Å². The van der Waals surface area contributed by atoms with Gasteiger partial charge in [0, 0.05) is 5.56 Å². The molecule has 0 bridgehead atoms. The zero-order chi connectivity index (χ0) is 24.5. The van der Waals surface area contributed by atoms with E-state index in [0.717, 1.165) is 22.3 Å². The van der Waals surface area contributed by atoms with E-state index in [1.807, 2.05) is 117 Å². The van der Waals surface area contributed by atoms with Crippen molar-refractivity contribution in [1.82, 2.24) is 0 Å². The Balaban J connectivity index is 1.92. The second kappa shape index (κ2) is 9.08. The number of hydrogen-bond donors (Lipinski definition) is 0. The van der Waals surface area contributed by atoms with E-state index in [4.69, 9.17) is 4.74 Å². The summed E-state index contributed by atoms with van der Waals surface area (Å²) in [4.78, 5) is 0.238. The summed E-state index contributed by atoms with van der Waals surface area (Å²) in [5.41, 5.74) is 2.81. The summed E-state index contributed by atoms with van der Waals surface area (Å²) in [5.74, 6) is 0.658. The quantitative estimate of drug-likeness (QED) is 0.315. The SMILES string of the molecule is CCOC1=CC(c2ccccc2)(c2ccccc2)N(S(=O)(=O)c2ccc(C)cc2)c2ccccc21. The normalized spacial score (nSPS) is 14.7. The van der Waals surface area contributed by atoms with Gasteiger partial charge in [-0.25, -0.2) is 12.7 Å². The number of aryl methyl sites for hydroxylation is 1. The van der Waals surface area contributed by atoms with Crippen LogP contribution in [0.1, 0.15) is 29.2 Å². The average Bonchev–Trinajstić information content (AvgIpc) is 2.89. The Morgan fingerprint density at radius 1 is 0.743 bits per heavy atom. The van der Waals surface area contributed by atoms with Crippen molar-refractivity contribution in [2.75, 3.05) is 10.9 Å². The second-order valence-electron chi connectivity index (χ2n) is 8.54. The van der Waals surface area contributed by atoms with Gasteiger partial charge in [0.2, 0.25) is 0 Å². The van der Waals surface area contributed by atoms with E-state index in [1.54, 1.807) is 16.4 Å². The molecule has 0 amide bonds. The Morgan fingerprint density at radius 2 is 1.29 bits per heavy atom.